The summed E-state index contributed by atoms with van der Waals surface area (Å²) < 4.78 is 41.2. The van der Waals surface area contributed by atoms with Crippen LogP contribution in [0.4, 0.5) is 10.1 Å². The Bertz CT molecular complexity index is 903. The van der Waals surface area contributed by atoms with Gasteiger partial charge in [-0.1, -0.05) is 35.3 Å². The van der Waals surface area contributed by atoms with Crippen LogP contribution in [0.1, 0.15) is 0 Å². The number of hydrogen-bond acceptors (Lipinski definition) is 4. The van der Waals surface area contributed by atoms with Crippen molar-refractivity contribution >= 4 is 38.9 Å². The summed E-state index contributed by atoms with van der Waals surface area (Å²) >= 11 is 11.8. The minimum atomic E-state index is -3.73. The first-order valence-electron chi connectivity index (χ1n) is 8.53. The largest absolute Gasteiger partial charge is 0.367 e. The third-order valence-corrected chi connectivity index (χ3v) is 6.65. The van der Waals surface area contributed by atoms with Crippen molar-refractivity contribution in [3.05, 3.63) is 58.3 Å². The smallest absolute Gasteiger partial charge is 0.242 e. The molecule has 5 nitrogen and oxygen atoms in total. The van der Waals surface area contributed by atoms with Gasteiger partial charge < -0.3 is 4.90 Å². The summed E-state index contributed by atoms with van der Waals surface area (Å²) in [6.45, 7) is 3.65. The highest BCUT2D eigenvalue weighted by atomic mass is 35.5. The first kappa shape index (κ1) is 20.4. The number of hydrogen-bond donors (Lipinski definition) is 1. The summed E-state index contributed by atoms with van der Waals surface area (Å²) in [5, 5.41) is 0.439. The van der Waals surface area contributed by atoms with Gasteiger partial charge in [0, 0.05) is 44.3 Å². The van der Waals surface area contributed by atoms with Gasteiger partial charge >= 0.3 is 0 Å². The van der Waals surface area contributed by atoms with Crippen LogP contribution in [0.15, 0.2) is 47.4 Å². The van der Waals surface area contributed by atoms with Crippen molar-refractivity contribution in [1.82, 2.24) is 9.62 Å². The highest BCUT2D eigenvalue weighted by molar-refractivity contribution is 7.89. The first-order chi connectivity index (χ1) is 12.9. The fourth-order valence-electron chi connectivity index (χ4n) is 3.02. The molecule has 0 aromatic heterocycles. The van der Waals surface area contributed by atoms with Gasteiger partial charge in [0.05, 0.1) is 10.7 Å². The SMILES string of the molecule is O=S(=O)(NCCN1CCN(c2ccccc2F)CC1)c1cc(Cl)ccc1Cl. The number of sulfonamides is 1. The van der Waals surface area contributed by atoms with E-state index in [9.17, 15) is 12.8 Å². The number of benzene rings is 2. The van der Waals surface area contributed by atoms with Crippen LogP contribution in [-0.2, 0) is 10.0 Å². The lowest BCUT2D eigenvalue weighted by Gasteiger charge is -2.36. The Labute approximate surface area is 168 Å². The maximum absolute atomic E-state index is 13.9. The van der Waals surface area contributed by atoms with E-state index in [-0.39, 0.29) is 22.3 Å². The van der Waals surface area contributed by atoms with Crippen molar-refractivity contribution in [3.63, 3.8) is 0 Å². The normalized spacial score (nSPS) is 15.9. The molecule has 1 saturated heterocycles. The van der Waals surface area contributed by atoms with Crippen LogP contribution >= 0.6 is 23.2 Å². The number of piperazine rings is 1. The van der Waals surface area contributed by atoms with Gasteiger partial charge in [0.15, 0.2) is 0 Å². The van der Waals surface area contributed by atoms with Gasteiger partial charge in [-0.15, -0.1) is 0 Å². The molecule has 1 aliphatic heterocycles. The van der Waals surface area contributed by atoms with E-state index in [0.29, 0.717) is 30.3 Å². The molecule has 2 aromatic carbocycles. The summed E-state index contributed by atoms with van der Waals surface area (Å²) in [6, 6.07) is 11.1. The topological polar surface area (TPSA) is 52.7 Å². The summed E-state index contributed by atoms with van der Waals surface area (Å²) in [5.74, 6) is -0.225. The summed E-state index contributed by atoms with van der Waals surface area (Å²) in [7, 11) is -3.73. The molecule has 0 radical (unpaired) electrons. The lowest BCUT2D eigenvalue weighted by atomic mass is 10.2. The molecule has 2 aromatic rings. The van der Waals surface area contributed by atoms with E-state index in [2.05, 4.69) is 9.62 Å². The molecule has 0 saturated carbocycles. The molecule has 27 heavy (non-hydrogen) atoms. The molecule has 3 rings (SSSR count). The number of rotatable bonds is 6. The molecule has 0 unspecified atom stereocenters. The molecule has 0 amide bonds. The number of para-hydroxylation sites is 1. The van der Waals surface area contributed by atoms with Crippen LogP contribution < -0.4 is 9.62 Å². The second kappa shape index (κ2) is 8.75. The van der Waals surface area contributed by atoms with Crippen LogP contribution in [-0.4, -0.2) is 52.6 Å². The second-order valence-corrected chi connectivity index (χ2v) is 8.83. The molecule has 0 atom stereocenters. The zero-order chi connectivity index (χ0) is 19.4. The van der Waals surface area contributed by atoms with Crippen molar-refractivity contribution in [2.75, 3.05) is 44.2 Å². The number of nitrogens with zero attached hydrogens (tertiary/aromatic N) is 2. The van der Waals surface area contributed by atoms with E-state index in [0.717, 1.165) is 13.1 Å². The Balaban J connectivity index is 1.50. The van der Waals surface area contributed by atoms with E-state index in [1.54, 1.807) is 12.1 Å². The van der Waals surface area contributed by atoms with Crippen LogP contribution in [0, 0.1) is 5.82 Å². The summed E-state index contributed by atoms with van der Waals surface area (Å²) in [4.78, 5) is 4.11. The summed E-state index contributed by atoms with van der Waals surface area (Å²) in [5.41, 5.74) is 0.605. The lowest BCUT2D eigenvalue weighted by Crippen LogP contribution is -2.48. The minimum Gasteiger partial charge on any atom is -0.367 e. The Kier molecular flexibility index (Phi) is 6.60. The van der Waals surface area contributed by atoms with Crippen molar-refractivity contribution in [2.45, 2.75) is 4.90 Å². The maximum atomic E-state index is 13.9. The second-order valence-electron chi connectivity index (χ2n) is 6.25. The van der Waals surface area contributed by atoms with Gasteiger partial charge in [-0.05, 0) is 30.3 Å². The molecule has 1 heterocycles. The van der Waals surface area contributed by atoms with Gasteiger partial charge in [-0.25, -0.2) is 17.5 Å². The van der Waals surface area contributed by atoms with E-state index in [4.69, 9.17) is 23.2 Å². The van der Waals surface area contributed by atoms with Crippen molar-refractivity contribution in [2.24, 2.45) is 0 Å². The molecule has 1 N–H and O–H groups in total. The van der Waals surface area contributed by atoms with Crippen LogP contribution in [0.2, 0.25) is 10.0 Å². The fourth-order valence-corrected chi connectivity index (χ4v) is 4.80. The Morgan fingerprint density at radius 1 is 1.04 bits per heavy atom. The zero-order valence-electron chi connectivity index (χ0n) is 14.5. The van der Waals surface area contributed by atoms with E-state index >= 15 is 0 Å². The van der Waals surface area contributed by atoms with Crippen molar-refractivity contribution in [3.8, 4) is 0 Å². The van der Waals surface area contributed by atoms with Crippen molar-refractivity contribution < 1.29 is 12.8 Å². The monoisotopic (exact) mass is 431 g/mol. The average molecular weight is 432 g/mol. The third-order valence-electron chi connectivity index (χ3n) is 4.47. The van der Waals surface area contributed by atoms with Crippen LogP contribution in [0.5, 0.6) is 0 Å². The Hall–Kier alpha value is -1.38. The summed E-state index contributed by atoms with van der Waals surface area (Å²) in [6.07, 6.45) is 0. The molecule has 1 fully saturated rings. The molecule has 0 spiro atoms. The molecule has 0 aliphatic carbocycles. The molecule has 0 bridgehead atoms. The Morgan fingerprint density at radius 3 is 2.44 bits per heavy atom. The molecular weight excluding hydrogens is 412 g/mol. The van der Waals surface area contributed by atoms with Gasteiger partial charge in [0.1, 0.15) is 10.7 Å². The number of anilines is 1. The molecule has 9 heteroatoms. The molecule has 1 aliphatic rings. The highest BCUT2D eigenvalue weighted by Crippen LogP contribution is 2.24. The van der Waals surface area contributed by atoms with Gasteiger partial charge in [-0.2, -0.15) is 0 Å². The standard InChI is InChI=1S/C18H20Cl2FN3O2S/c19-14-5-6-15(20)18(13-14)27(25,26)22-7-8-23-9-11-24(12-10-23)17-4-2-1-3-16(17)21/h1-6,13,22H,7-12H2. The van der Waals surface area contributed by atoms with Crippen LogP contribution in [0.25, 0.3) is 0 Å². The quantitative estimate of drug-likeness (QED) is 0.762. The third kappa shape index (κ3) is 5.12. The average Bonchev–Trinajstić information content (AvgIpc) is 2.65. The Morgan fingerprint density at radius 2 is 1.74 bits per heavy atom. The lowest BCUT2D eigenvalue weighted by molar-refractivity contribution is 0.261. The van der Waals surface area contributed by atoms with Gasteiger partial charge in [-0.3, -0.25) is 4.90 Å². The highest BCUT2D eigenvalue weighted by Gasteiger charge is 2.21. The fraction of sp³-hybridized carbons (Fsp3) is 0.333. The van der Waals surface area contributed by atoms with Gasteiger partial charge in [0.2, 0.25) is 10.0 Å². The zero-order valence-corrected chi connectivity index (χ0v) is 16.9. The van der Waals surface area contributed by atoms with Gasteiger partial charge in [0.25, 0.3) is 0 Å². The van der Waals surface area contributed by atoms with Crippen molar-refractivity contribution in [1.29, 1.82) is 0 Å². The van der Waals surface area contributed by atoms with E-state index in [1.807, 2.05) is 11.0 Å². The molecular formula is C18H20Cl2FN3O2S. The predicted octanol–water partition coefficient (Wildman–Crippen LogP) is 3.23. The minimum absolute atomic E-state index is 0.0268. The number of halogens is 3. The maximum Gasteiger partial charge on any atom is 0.242 e. The first-order valence-corrected chi connectivity index (χ1v) is 10.8. The van der Waals surface area contributed by atoms with E-state index in [1.165, 1.54) is 24.3 Å². The van der Waals surface area contributed by atoms with E-state index < -0.39 is 10.0 Å². The predicted molar refractivity (Wildman–Crippen MR) is 107 cm³/mol. The van der Waals surface area contributed by atoms with Crippen LogP contribution in [0.3, 0.4) is 0 Å². The molecule has 146 valence electrons. The number of nitrogens with one attached hydrogen (secondary N) is 1.